The molecule has 1 aromatic heterocycles. The maximum atomic E-state index is 12.7. The van der Waals surface area contributed by atoms with Crippen LogP contribution in [0.2, 0.25) is 0 Å². The third-order valence-electron chi connectivity index (χ3n) is 4.84. The Morgan fingerprint density at radius 2 is 1.67 bits per heavy atom. The first kappa shape index (κ1) is 24.2. The van der Waals surface area contributed by atoms with E-state index in [4.69, 9.17) is 0 Å². The Bertz CT molecular complexity index is 1190. The van der Waals surface area contributed by atoms with Crippen molar-refractivity contribution in [3.63, 3.8) is 0 Å². The number of benzene rings is 2. The molecule has 2 aromatic carbocycles. The van der Waals surface area contributed by atoms with E-state index in [9.17, 15) is 14.4 Å². The van der Waals surface area contributed by atoms with Crippen molar-refractivity contribution in [2.75, 3.05) is 16.4 Å². The van der Waals surface area contributed by atoms with E-state index in [1.165, 1.54) is 5.56 Å². The van der Waals surface area contributed by atoms with Gasteiger partial charge in [0.2, 0.25) is 11.8 Å². The normalized spacial score (nSPS) is 11.0. The SMILES string of the molecule is CC(C)C(=O)Nc1ccccc1-c1nnc(SCC(=O)Nc2ccc(C(C)C)cc2)[nH]c1=O. The summed E-state index contributed by atoms with van der Waals surface area (Å²) >= 11 is 1.08. The van der Waals surface area contributed by atoms with Crippen LogP contribution in [-0.4, -0.2) is 32.7 Å². The lowest BCUT2D eigenvalue weighted by atomic mass is 10.0. The van der Waals surface area contributed by atoms with Crippen molar-refractivity contribution in [2.45, 2.75) is 38.8 Å². The molecule has 0 unspecified atom stereocenters. The molecule has 8 nitrogen and oxygen atoms in total. The Morgan fingerprint density at radius 1 is 0.970 bits per heavy atom. The lowest BCUT2D eigenvalue weighted by molar-refractivity contribution is -0.119. The Morgan fingerprint density at radius 3 is 2.30 bits per heavy atom. The molecular weight excluding hydrogens is 438 g/mol. The van der Waals surface area contributed by atoms with Gasteiger partial charge >= 0.3 is 0 Å². The maximum Gasteiger partial charge on any atom is 0.278 e. The monoisotopic (exact) mass is 465 g/mol. The van der Waals surface area contributed by atoms with E-state index >= 15 is 0 Å². The van der Waals surface area contributed by atoms with Crippen molar-refractivity contribution in [3.05, 3.63) is 64.4 Å². The van der Waals surface area contributed by atoms with Gasteiger partial charge in [0.1, 0.15) is 0 Å². The molecule has 2 amide bonds. The van der Waals surface area contributed by atoms with Gasteiger partial charge in [0.25, 0.3) is 5.56 Å². The molecule has 0 saturated carbocycles. The Hall–Kier alpha value is -3.46. The quantitative estimate of drug-likeness (QED) is 0.428. The first-order chi connectivity index (χ1) is 15.7. The second-order valence-corrected chi connectivity index (χ2v) is 9.08. The molecule has 1 heterocycles. The number of anilines is 2. The first-order valence-electron chi connectivity index (χ1n) is 10.6. The van der Waals surface area contributed by atoms with Gasteiger partial charge in [-0.3, -0.25) is 19.4 Å². The summed E-state index contributed by atoms with van der Waals surface area (Å²) in [5.74, 6) is -0.103. The van der Waals surface area contributed by atoms with Crippen LogP contribution in [0.1, 0.15) is 39.2 Å². The minimum atomic E-state index is -0.455. The summed E-state index contributed by atoms with van der Waals surface area (Å²) in [6.07, 6.45) is 0. The van der Waals surface area contributed by atoms with Gasteiger partial charge in [-0.1, -0.05) is 69.8 Å². The Balaban J connectivity index is 1.66. The maximum absolute atomic E-state index is 12.7. The van der Waals surface area contributed by atoms with E-state index in [-0.39, 0.29) is 34.3 Å². The molecule has 0 aliphatic heterocycles. The average Bonchev–Trinajstić information content (AvgIpc) is 2.78. The highest BCUT2D eigenvalue weighted by Gasteiger charge is 2.16. The van der Waals surface area contributed by atoms with E-state index in [0.717, 1.165) is 11.8 Å². The smallest absolute Gasteiger partial charge is 0.278 e. The van der Waals surface area contributed by atoms with Gasteiger partial charge in [0.15, 0.2) is 10.9 Å². The Kier molecular flexibility index (Phi) is 8.00. The van der Waals surface area contributed by atoms with Crippen LogP contribution in [0.5, 0.6) is 0 Å². The lowest BCUT2D eigenvalue weighted by Crippen LogP contribution is -2.20. The number of nitrogens with one attached hydrogen (secondary N) is 3. The van der Waals surface area contributed by atoms with Gasteiger partial charge < -0.3 is 10.6 Å². The topological polar surface area (TPSA) is 117 Å². The van der Waals surface area contributed by atoms with Gasteiger partial charge in [-0.2, -0.15) is 0 Å². The fourth-order valence-corrected chi connectivity index (χ4v) is 3.52. The fourth-order valence-electron chi connectivity index (χ4n) is 2.92. The number of nitrogens with zero attached hydrogens (tertiary/aromatic N) is 2. The van der Waals surface area contributed by atoms with Gasteiger partial charge in [-0.15, -0.1) is 10.2 Å². The number of H-pyrrole nitrogens is 1. The summed E-state index contributed by atoms with van der Waals surface area (Å²) in [5.41, 5.74) is 2.50. The number of aromatic nitrogens is 3. The van der Waals surface area contributed by atoms with Crippen molar-refractivity contribution in [2.24, 2.45) is 5.92 Å². The van der Waals surface area contributed by atoms with Crippen molar-refractivity contribution < 1.29 is 9.59 Å². The second kappa shape index (κ2) is 10.9. The number of rotatable bonds is 8. The minimum Gasteiger partial charge on any atom is -0.325 e. The molecule has 3 rings (SSSR count). The number of carbonyl (C=O) groups is 2. The van der Waals surface area contributed by atoms with Gasteiger partial charge in [0.05, 0.1) is 11.4 Å². The van der Waals surface area contributed by atoms with Gasteiger partial charge in [-0.05, 0) is 29.7 Å². The number of aromatic amines is 1. The average molecular weight is 466 g/mol. The predicted octanol–water partition coefficient (Wildman–Crippen LogP) is 4.28. The van der Waals surface area contributed by atoms with Crippen LogP contribution in [0.15, 0.2) is 58.5 Å². The first-order valence-corrected chi connectivity index (χ1v) is 11.6. The molecule has 3 N–H and O–H groups in total. The summed E-state index contributed by atoms with van der Waals surface area (Å²) < 4.78 is 0. The highest BCUT2D eigenvalue weighted by Crippen LogP contribution is 2.24. The molecule has 3 aromatic rings. The third-order valence-corrected chi connectivity index (χ3v) is 5.71. The zero-order valence-electron chi connectivity index (χ0n) is 19.0. The number of hydrogen-bond donors (Lipinski definition) is 3. The molecule has 0 spiro atoms. The van der Waals surface area contributed by atoms with E-state index in [1.807, 2.05) is 24.3 Å². The Labute approximate surface area is 196 Å². The van der Waals surface area contributed by atoms with Crippen LogP contribution >= 0.6 is 11.8 Å². The highest BCUT2D eigenvalue weighted by molar-refractivity contribution is 7.99. The molecule has 172 valence electrons. The number of carbonyl (C=O) groups excluding carboxylic acids is 2. The van der Waals surface area contributed by atoms with E-state index in [0.29, 0.717) is 22.9 Å². The van der Waals surface area contributed by atoms with Crippen LogP contribution in [0.3, 0.4) is 0 Å². The summed E-state index contributed by atoms with van der Waals surface area (Å²) in [7, 11) is 0. The number of thioether (sulfide) groups is 1. The number of amides is 2. The fraction of sp³-hybridized carbons (Fsp3) is 0.292. The molecular formula is C24H27N5O3S. The van der Waals surface area contributed by atoms with Crippen molar-refractivity contribution in [3.8, 4) is 11.3 Å². The molecule has 0 aliphatic rings. The van der Waals surface area contributed by atoms with Crippen molar-refractivity contribution in [1.82, 2.24) is 15.2 Å². The summed E-state index contributed by atoms with van der Waals surface area (Å²) in [4.78, 5) is 39.7. The zero-order valence-corrected chi connectivity index (χ0v) is 19.8. The lowest BCUT2D eigenvalue weighted by Gasteiger charge is -2.11. The van der Waals surface area contributed by atoms with Crippen molar-refractivity contribution in [1.29, 1.82) is 0 Å². The predicted molar refractivity (Wildman–Crippen MR) is 131 cm³/mol. The molecule has 0 radical (unpaired) electrons. The van der Waals surface area contributed by atoms with E-state index in [1.54, 1.807) is 38.1 Å². The standard InChI is InChI=1S/C24H27N5O3S/c1-14(2)16-9-11-17(12-10-16)25-20(30)13-33-24-27-23(32)21(28-29-24)18-7-5-6-8-19(18)26-22(31)15(3)4/h5-12,14-15H,13H2,1-4H3,(H,25,30)(H,26,31)(H,27,29,32). The van der Waals surface area contributed by atoms with Crippen LogP contribution in [-0.2, 0) is 9.59 Å². The van der Waals surface area contributed by atoms with Crippen molar-refractivity contribution >= 4 is 35.0 Å². The largest absolute Gasteiger partial charge is 0.325 e. The molecule has 9 heteroatoms. The molecule has 0 bridgehead atoms. The zero-order chi connectivity index (χ0) is 24.0. The number of para-hydroxylation sites is 1. The summed E-state index contributed by atoms with van der Waals surface area (Å²) in [5, 5.41) is 14.0. The molecule has 0 saturated heterocycles. The van der Waals surface area contributed by atoms with Gasteiger partial charge in [0, 0.05) is 17.2 Å². The number of hydrogen-bond acceptors (Lipinski definition) is 6. The van der Waals surface area contributed by atoms with Gasteiger partial charge in [-0.25, -0.2) is 0 Å². The minimum absolute atomic E-state index is 0.0664. The van der Waals surface area contributed by atoms with Crippen LogP contribution in [0, 0.1) is 5.92 Å². The van der Waals surface area contributed by atoms with E-state index in [2.05, 4.69) is 39.7 Å². The van der Waals surface area contributed by atoms with Crippen LogP contribution in [0.4, 0.5) is 11.4 Å². The third kappa shape index (κ3) is 6.52. The molecule has 33 heavy (non-hydrogen) atoms. The summed E-state index contributed by atoms with van der Waals surface area (Å²) in [6, 6.07) is 14.6. The second-order valence-electron chi connectivity index (χ2n) is 8.11. The van der Waals surface area contributed by atoms with E-state index < -0.39 is 5.56 Å². The van der Waals surface area contributed by atoms with Crippen LogP contribution in [0.25, 0.3) is 11.3 Å². The van der Waals surface area contributed by atoms with Crippen LogP contribution < -0.4 is 16.2 Å². The molecule has 0 atom stereocenters. The highest BCUT2D eigenvalue weighted by atomic mass is 32.2. The molecule has 0 aliphatic carbocycles. The molecule has 0 fully saturated rings. The summed E-state index contributed by atoms with van der Waals surface area (Å²) in [6.45, 7) is 7.79.